The number of nitrogens with zero attached hydrogens (tertiary/aromatic N) is 4. The van der Waals surface area contributed by atoms with Gasteiger partial charge in [-0.3, -0.25) is 0 Å². The molecule has 2 aromatic carbocycles. The monoisotopic (exact) mass is 421 g/mol. The van der Waals surface area contributed by atoms with Gasteiger partial charge in [-0.2, -0.15) is 19.6 Å². The molecule has 0 aliphatic heterocycles. The Bertz CT molecular complexity index is 1160. The van der Waals surface area contributed by atoms with E-state index in [1.54, 1.807) is 19.1 Å². The largest absolute Gasteiger partial charge is 0.462 e. The number of hydrogen-bond acceptors (Lipinski definition) is 6. The van der Waals surface area contributed by atoms with Crippen molar-refractivity contribution in [3.05, 3.63) is 76.9 Å². The lowest BCUT2D eigenvalue weighted by Crippen LogP contribution is -2.12. The lowest BCUT2D eigenvalue weighted by Gasteiger charge is -2.10. The molecular formula is C22H20ClN5O2. The molecule has 0 spiro atoms. The summed E-state index contributed by atoms with van der Waals surface area (Å²) in [6, 6.07) is 17.4. The van der Waals surface area contributed by atoms with E-state index >= 15 is 0 Å². The maximum Gasteiger partial charge on any atom is 0.343 e. The van der Waals surface area contributed by atoms with Gasteiger partial charge in [-0.05, 0) is 43.2 Å². The molecule has 0 aliphatic rings. The Balaban J connectivity index is 1.70. The Kier molecular flexibility index (Phi) is 5.90. The zero-order chi connectivity index (χ0) is 20.9. The molecule has 0 atom stereocenters. The van der Waals surface area contributed by atoms with Crippen LogP contribution >= 0.6 is 11.6 Å². The second-order valence-electron chi connectivity index (χ2n) is 6.55. The molecule has 2 heterocycles. The van der Waals surface area contributed by atoms with Crippen molar-refractivity contribution in [2.24, 2.45) is 0 Å². The normalized spacial score (nSPS) is 10.9. The molecule has 152 valence electrons. The highest BCUT2D eigenvalue weighted by atomic mass is 35.5. The smallest absolute Gasteiger partial charge is 0.343 e. The lowest BCUT2D eigenvalue weighted by atomic mass is 10.1. The van der Waals surface area contributed by atoms with Crippen LogP contribution in [-0.2, 0) is 11.2 Å². The van der Waals surface area contributed by atoms with Crippen LogP contribution in [0, 0.1) is 0 Å². The molecule has 0 bridgehead atoms. The van der Waals surface area contributed by atoms with Gasteiger partial charge >= 0.3 is 5.97 Å². The van der Waals surface area contributed by atoms with Crippen LogP contribution in [0.1, 0.15) is 22.8 Å². The first-order valence-electron chi connectivity index (χ1n) is 9.62. The number of ether oxygens (including phenoxy) is 1. The van der Waals surface area contributed by atoms with E-state index in [-0.39, 0.29) is 6.61 Å². The van der Waals surface area contributed by atoms with E-state index in [0.29, 0.717) is 34.6 Å². The number of anilines is 1. The summed E-state index contributed by atoms with van der Waals surface area (Å²) in [7, 11) is 0. The Morgan fingerprint density at radius 2 is 1.87 bits per heavy atom. The number of rotatable bonds is 7. The van der Waals surface area contributed by atoms with Crippen molar-refractivity contribution in [2.75, 3.05) is 18.5 Å². The number of esters is 1. The molecule has 0 unspecified atom stereocenters. The van der Waals surface area contributed by atoms with Crippen molar-refractivity contribution in [1.82, 2.24) is 19.6 Å². The number of fused-ring (bicyclic) bond motifs is 1. The van der Waals surface area contributed by atoms with E-state index in [0.717, 1.165) is 12.0 Å². The number of aromatic nitrogens is 4. The molecule has 0 aliphatic carbocycles. The van der Waals surface area contributed by atoms with Gasteiger partial charge < -0.3 is 10.1 Å². The van der Waals surface area contributed by atoms with Gasteiger partial charge in [0.25, 0.3) is 0 Å². The summed E-state index contributed by atoms with van der Waals surface area (Å²) in [6.45, 7) is 2.67. The molecule has 0 fully saturated rings. The Morgan fingerprint density at radius 3 is 2.60 bits per heavy atom. The first-order chi connectivity index (χ1) is 14.7. The molecule has 4 rings (SSSR count). The molecule has 4 aromatic rings. The highest BCUT2D eigenvalue weighted by molar-refractivity contribution is 6.30. The van der Waals surface area contributed by atoms with Crippen LogP contribution < -0.4 is 5.32 Å². The SMILES string of the molecule is CCOC(=O)c1cnn2c(-c3ccc(Cl)cc3)nc(NCCc3ccccc3)nc12. The van der Waals surface area contributed by atoms with Crippen molar-refractivity contribution < 1.29 is 9.53 Å². The van der Waals surface area contributed by atoms with Crippen LogP contribution in [-0.4, -0.2) is 38.7 Å². The third-order valence-electron chi connectivity index (χ3n) is 4.51. The van der Waals surface area contributed by atoms with Gasteiger partial charge in [0.1, 0.15) is 5.56 Å². The third-order valence-corrected chi connectivity index (χ3v) is 4.76. The molecule has 7 nitrogen and oxygen atoms in total. The summed E-state index contributed by atoms with van der Waals surface area (Å²) in [5.74, 6) is 0.493. The summed E-state index contributed by atoms with van der Waals surface area (Å²) >= 11 is 6.03. The minimum atomic E-state index is -0.469. The van der Waals surface area contributed by atoms with Gasteiger partial charge in [0, 0.05) is 17.1 Å². The summed E-state index contributed by atoms with van der Waals surface area (Å²) in [5.41, 5.74) is 2.69. The molecule has 2 aromatic heterocycles. The van der Waals surface area contributed by atoms with Gasteiger partial charge in [0.05, 0.1) is 12.8 Å². The third kappa shape index (κ3) is 4.26. The predicted octanol–water partition coefficient (Wildman–Crippen LogP) is 4.28. The molecule has 0 radical (unpaired) electrons. The van der Waals surface area contributed by atoms with Crippen molar-refractivity contribution in [2.45, 2.75) is 13.3 Å². The van der Waals surface area contributed by atoms with Gasteiger partial charge in [-0.25, -0.2) is 4.79 Å². The van der Waals surface area contributed by atoms with E-state index in [4.69, 9.17) is 16.3 Å². The van der Waals surface area contributed by atoms with Crippen LogP contribution in [0.15, 0.2) is 60.8 Å². The Labute approximate surface area is 178 Å². The van der Waals surface area contributed by atoms with Gasteiger partial charge in [-0.15, -0.1) is 0 Å². The van der Waals surface area contributed by atoms with Crippen LogP contribution in [0.3, 0.4) is 0 Å². The van der Waals surface area contributed by atoms with Crippen molar-refractivity contribution in [3.63, 3.8) is 0 Å². The number of carbonyl (C=O) groups excluding carboxylic acids is 1. The van der Waals surface area contributed by atoms with E-state index in [1.807, 2.05) is 30.3 Å². The number of hydrogen-bond donors (Lipinski definition) is 1. The molecular weight excluding hydrogens is 402 g/mol. The fraction of sp³-hybridized carbons (Fsp3) is 0.182. The number of nitrogens with one attached hydrogen (secondary N) is 1. The van der Waals surface area contributed by atoms with Crippen LogP contribution in [0.4, 0.5) is 5.95 Å². The topological polar surface area (TPSA) is 81.4 Å². The van der Waals surface area contributed by atoms with Crippen molar-refractivity contribution in [1.29, 1.82) is 0 Å². The molecule has 0 saturated heterocycles. The van der Waals surface area contributed by atoms with Gasteiger partial charge in [0.15, 0.2) is 11.5 Å². The maximum atomic E-state index is 12.3. The zero-order valence-electron chi connectivity index (χ0n) is 16.4. The Hall–Kier alpha value is -3.45. The van der Waals surface area contributed by atoms with Crippen LogP contribution in [0.2, 0.25) is 5.02 Å². The zero-order valence-corrected chi connectivity index (χ0v) is 17.1. The number of halogens is 1. The minimum absolute atomic E-state index is 0.271. The summed E-state index contributed by atoms with van der Waals surface area (Å²) in [6.07, 6.45) is 2.27. The first-order valence-corrected chi connectivity index (χ1v) is 10.00. The van der Waals surface area contributed by atoms with Crippen molar-refractivity contribution >= 4 is 29.2 Å². The first kappa shape index (κ1) is 19.8. The van der Waals surface area contributed by atoms with E-state index in [2.05, 4.69) is 32.5 Å². The van der Waals surface area contributed by atoms with Crippen LogP contribution in [0.5, 0.6) is 0 Å². The molecule has 0 saturated carbocycles. The minimum Gasteiger partial charge on any atom is -0.462 e. The number of benzene rings is 2. The van der Waals surface area contributed by atoms with Crippen molar-refractivity contribution in [3.8, 4) is 11.4 Å². The molecule has 8 heteroatoms. The van der Waals surface area contributed by atoms with E-state index in [9.17, 15) is 4.79 Å². The fourth-order valence-corrected chi connectivity index (χ4v) is 3.18. The predicted molar refractivity (Wildman–Crippen MR) is 116 cm³/mol. The maximum absolute atomic E-state index is 12.3. The highest BCUT2D eigenvalue weighted by Gasteiger charge is 2.19. The average molecular weight is 422 g/mol. The molecule has 1 N–H and O–H groups in total. The van der Waals surface area contributed by atoms with Gasteiger partial charge in [0.2, 0.25) is 5.95 Å². The summed E-state index contributed by atoms with van der Waals surface area (Å²) < 4.78 is 6.68. The second kappa shape index (κ2) is 8.92. The number of carbonyl (C=O) groups is 1. The lowest BCUT2D eigenvalue weighted by molar-refractivity contribution is 0.0528. The standard InChI is InChI=1S/C22H20ClN5O2/c1-2-30-21(29)18-14-25-28-19(16-8-10-17(23)11-9-16)26-22(27-20(18)28)24-13-12-15-6-4-3-5-7-15/h3-11,14H,2,12-13H2,1H3,(H,24,27). The molecule has 0 amide bonds. The van der Waals surface area contributed by atoms with E-state index < -0.39 is 5.97 Å². The Morgan fingerprint density at radius 1 is 1.10 bits per heavy atom. The quantitative estimate of drug-likeness (QED) is 0.448. The fourth-order valence-electron chi connectivity index (χ4n) is 3.06. The molecule has 30 heavy (non-hydrogen) atoms. The van der Waals surface area contributed by atoms with E-state index in [1.165, 1.54) is 16.3 Å². The van der Waals surface area contributed by atoms with Gasteiger partial charge in [-0.1, -0.05) is 41.9 Å². The average Bonchev–Trinajstić information content (AvgIpc) is 3.19. The summed E-state index contributed by atoms with van der Waals surface area (Å²) in [4.78, 5) is 21.5. The highest BCUT2D eigenvalue weighted by Crippen LogP contribution is 2.23. The summed E-state index contributed by atoms with van der Waals surface area (Å²) in [5, 5.41) is 8.20. The van der Waals surface area contributed by atoms with Crippen LogP contribution in [0.25, 0.3) is 17.0 Å². The second-order valence-corrected chi connectivity index (χ2v) is 6.99.